The summed E-state index contributed by atoms with van der Waals surface area (Å²) in [4.78, 5) is 12.8. The molecular formula is C20H23O3P. The van der Waals surface area contributed by atoms with Gasteiger partial charge in [-0.05, 0) is 19.3 Å². The van der Waals surface area contributed by atoms with Crippen LogP contribution in [0.1, 0.15) is 32.1 Å². The smallest absolute Gasteiger partial charge is 0.153 e. The quantitative estimate of drug-likeness (QED) is 0.871. The molecule has 0 saturated heterocycles. The molecule has 2 aromatic rings. The molecule has 3 rings (SSSR count). The fraction of sp³-hybridized carbons (Fsp3) is 0.350. The molecule has 24 heavy (non-hydrogen) atoms. The lowest BCUT2D eigenvalue weighted by atomic mass is 9.97. The van der Waals surface area contributed by atoms with Crippen molar-refractivity contribution in [3.8, 4) is 0 Å². The van der Waals surface area contributed by atoms with Crippen LogP contribution in [0, 0.1) is 0 Å². The van der Waals surface area contributed by atoms with Gasteiger partial charge in [-0.15, -0.1) is 0 Å². The number of aliphatic hydroxyl groups is 1. The van der Waals surface area contributed by atoms with Crippen molar-refractivity contribution in [2.45, 2.75) is 43.9 Å². The number of hydrogen-bond donors (Lipinski definition) is 1. The van der Waals surface area contributed by atoms with E-state index in [1.54, 1.807) is 0 Å². The van der Waals surface area contributed by atoms with Crippen LogP contribution < -0.4 is 10.6 Å². The molecule has 0 spiro atoms. The van der Waals surface area contributed by atoms with E-state index in [9.17, 15) is 14.5 Å². The van der Waals surface area contributed by atoms with E-state index in [-0.39, 0.29) is 12.2 Å². The van der Waals surface area contributed by atoms with Crippen molar-refractivity contribution in [2.75, 3.05) is 0 Å². The van der Waals surface area contributed by atoms with Gasteiger partial charge in [0.2, 0.25) is 0 Å². The van der Waals surface area contributed by atoms with Crippen molar-refractivity contribution in [3.63, 3.8) is 0 Å². The van der Waals surface area contributed by atoms with E-state index in [4.69, 9.17) is 0 Å². The summed E-state index contributed by atoms with van der Waals surface area (Å²) in [5, 5.41) is 11.7. The third-order valence-electron chi connectivity index (χ3n) is 4.80. The number of ketones is 1. The highest BCUT2D eigenvalue weighted by Crippen LogP contribution is 2.51. The predicted molar refractivity (Wildman–Crippen MR) is 97.6 cm³/mol. The minimum Gasteiger partial charge on any atom is -0.393 e. The Bertz CT molecular complexity index is 684. The van der Waals surface area contributed by atoms with Crippen molar-refractivity contribution >= 4 is 23.5 Å². The molecular weight excluding hydrogens is 319 g/mol. The number of carbonyl (C=O) groups is 1. The van der Waals surface area contributed by atoms with Gasteiger partial charge in [0.05, 0.1) is 11.8 Å². The maximum atomic E-state index is 14.3. The summed E-state index contributed by atoms with van der Waals surface area (Å²) in [6.45, 7) is 0. The summed E-state index contributed by atoms with van der Waals surface area (Å²) in [5.74, 6) is 0.0183. The Hall–Kier alpha value is -1.70. The van der Waals surface area contributed by atoms with Gasteiger partial charge < -0.3 is 9.67 Å². The molecule has 126 valence electrons. The standard InChI is InChI=1S/C20H23O3P/c21-16-9-7-8-14-19(22)20(15-16)24(23,17-10-3-1-4-11-17)18-12-5-2-6-13-18/h1-6,10-13,16,20-21H,7-9,14-15H2. The van der Waals surface area contributed by atoms with Crippen LogP contribution in [-0.4, -0.2) is 22.7 Å². The molecule has 0 amide bonds. The average Bonchev–Trinajstić information content (AvgIpc) is 2.62. The van der Waals surface area contributed by atoms with E-state index in [1.807, 2.05) is 60.7 Å². The monoisotopic (exact) mass is 342 g/mol. The summed E-state index contributed by atoms with van der Waals surface area (Å²) < 4.78 is 14.3. The largest absolute Gasteiger partial charge is 0.393 e. The Kier molecular flexibility index (Phi) is 5.33. The minimum absolute atomic E-state index is 0.0183. The summed E-state index contributed by atoms with van der Waals surface area (Å²) in [5.41, 5.74) is -0.641. The number of aliphatic hydroxyl groups excluding tert-OH is 1. The molecule has 4 heteroatoms. The predicted octanol–water partition coefficient (Wildman–Crippen LogP) is 3.26. The SMILES string of the molecule is O=C1CCCCC(O)CC1P(=O)(c1ccccc1)c1ccccc1. The van der Waals surface area contributed by atoms with Gasteiger partial charge >= 0.3 is 0 Å². The Balaban J connectivity index is 2.13. The highest BCUT2D eigenvalue weighted by atomic mass is 31.2. The van der Waals surface area contributed by atoms with Gasteiger partial charge in [0.15, 0.2) is 7.14 Å². The number of Topliss-reactive ketones (excluding diaryl/α,β-unsaturated/α-hetero) is 1. The first-order chi connectivity index (χ1) is 11.6. The molecule has 0 bridgehead atoms. The second-order valence-corrected chi connectivity index (χ2v) is 9.42. The van der Waals surface area contributed by atoms with Crippen LogP contribution in [0.15, 0.2) is 60.7 Å². The first-order valence-electron chi connectivity index (χ1n) is 8.54. The lowest BCUT2D eigenvalue weighted by Gasteiger charge is -2.30. The summed E-state index contributed by atoms with van der Waals surface area (Å²) in [6, 6.07) is 18.5. The molecule has 1 N–H and O–H groups in total. The maximum Gasteiger partial charge on any atom is 0.153 e. The first kappa shape index (κ1) is 17.1. The van der Waals surface area contributed by atoms with Crippen molar-refractivity contribution in [1.82, 2.24) is 0 Å². The van der Waals surface area contributed by atoms with Gasteiger partial charge in [-0.2, -0.15) is 0 Å². The van der Waals surface area contributed by atoms with Gasteiger partial charge in [-0.1, -0.05) is 67.1 Å². The van der Waals surface area contributed by atoms with E-state index in [1.165, 1.54) is 0 Å². The van der Waals surface area contributed by atoms with Gasteiger partial charge in [-0.25, -0.2) is 0 Å². The summed E-state index contributed by atoms with van der Waals surface area (Å²) in [7, 11) is -3.15. The van der Waals surface area contributed by atoms with Crippen molar-refractivity contribution in [3.05, 3.63) is 60.7 Å². The zero-order valence-electron chi connectivity index (χ0n) is 13.7. The molecule has 0 aliphatic heterocycles. The van der Waals surface area contributed by atoms with E-state index in [0.29, 0.717) is 23.5 Å². The zero-order valence-corrected chi connectivity index (χ0v) is 14.6. The van der Waals surface area contributed by atoms with E-state index >= 15 is 0 Å². The lowest BCUT2D eigenvalue weighted by Crippen LogP contribution is -2.35. The van der Waals surface area contributed by atoms with Crippen LogP contribution in [0.25, 0.3) is 0 Å². The zero-order chi connectivity index (χ0) is 17.0. The molecule has 0 aromatic heterocycles. The average molecular weight is 342 g/mol. The maximum absolute atomic E-state index is 14.3. The minimum atomic E-state index is -3.15. The highest BCUT2D eigenvalue weighted by molar-refractivity contribution is 7.80. The highest BCUT2D eigenvalue weighted by Gasteiger charge is 2.42. The molecule has 0 heterocycles. The number of rotatable bonds is 3. The molecule has 2 atom stereocenters. The third-order valence-corrected chi connectivity index (χ3v) is 8.30. The van der Waals surface area contributed by atoms with Crippen LogP contribution >= 0.6 is 7.14 Å². The molecule has 1 aliphatic rings. The van der Waals surface area contributed by atoms with Crippen LogP contribution in [0.2, 0.25) is 0 Å². The molecule has 1 aliphatic carbocycles. The van der Waals surface area contributed by atoms with Crippen molar-refractivity contribution in [1.29, 1.82) is 0 Å². The molecule has 1 saturated carbocycles. The molecule has 2 aromatic carbocycles. The topological polar surface area (TPSA) is 54.4 Å². The van der Waals surface area contributed by atoms with Gasteiger partial charge in [0, 0.05) is 17.0 Å². The van der Waals surface area contributed by atoms with Gasteiger partial charge in [-0.3, -0.25) is 4.79 Å². The number of benzene rings is 2. The van der Waals surface area contributed by atoms with Crippen LogP contribution in [0.5, 0.6) is 0 Å². The summed E-state index contributed by atoms with van der Waals surface area (Å²) >= 11 is 0. The fourth-order valence-electron chi connectivity index (χ4n) is 3.51. The molecule has 2 unspecified atom stereocenters. The molecule has 0 radical (unpaired) electrons. The normalized spacial score (nSPS) is 22.6. The van der Waals surface area contributed by atoms with Crippen LogP contribution in [0.4, 0.5) is 0 Å². The Morgan fingerprint density at radius 1 is 0.875 bits per heavy atom. The lowest BCUT2D eigenvalue weighted by molar-refractivity contribution is -0.119. The van der Waals surface area contributed by atoms with E-state index in [2.05, 4.69) is 0 Å². The Morgan fingerprint density at radius 3 is 1.96 bits per heavy atom. The molecule has 3 nitrogen and oxygen atoms in total. The summed E-state index contributed by atoms with van der Waals surface area (Å²) in [6.07, 6.45) is 2.44. The van der Waals surface area contributed by atoms with Gasteiger partial charge in [0.1, 0.15) is 5.78 Å². The number of carbonyl (C=O) groups excluding carboxylic acids is 1. The van der Waals surface area contributed by atoms with Crippen LogP contribution in [-0.2, 0) is 9.36 Å². The first-order valence-corrected chi connectivity index (χ1v) is 10.3. The fourth-order valence-corrected chi connectivity index (χ4v) is 6.83. The second kappa shape index (κ2) is 7.46. The molecule has 1 fully saturated rings. The Morgan fingerprint density at radius 2 is 1.42 bits per heavy atom. The van der Waals surface area contributed by atoms with E-state index < -0.39 is 18.9 Å². The second-order valence-electron chi connectivity index (χ2n) is 6.45. The van der Waals surface area contributed by atoms with E-state index in [0.717, 1.165) is 12.8 Å². The Labute approximate surface area is 143 Å². The van der Waals surface area contributed by atoms with Crippen molar-refractivity contribution in [2.24, 2.45) is 0 Å². The number of hydrogen-bond acceptors (Lipinski definition) is 3. The van der Waals surface area contributed by atoms with Crippen molar-refractivity contribution < 1.29 is 14.5 Å². The van der Waals surface area contributed by atoms with Gasteiger partial charge in [0.25, 0.3) is 0 Å². The third kappa shape index (κ3) is 3.38. The van der Waals surface area contributed by atoms with Crippen LogP contribution in [0.3, 0.4) is 0 Å².